The van der Waals surface area contributed by atoms with Gasteiger partial charge in [0.2, 0.25) is 0 Å². The molecule has 2 heteroatoms. The second-order valence-corrected chi connectivity index (χ2v) is 6.61. The first-order chi connectivity index (χ1) is 10.7. The minimum atomic E-state index is -0.831. The molecule has 0 spiro atoms. The minimum absolute atomic E-state index is 0.287. The summed E-state index contributed by atoms with van der Waals surface area (Å²) in [4.78, 5) is 2.51. The van der Waals surface area contributed by atoms with Crippen molar-refractivity contribution in [2.45, 2.75) is 24.9 Å². The van der Waals surface area contributed by atoms with Crippen molar-refractivity contribution in [3.63, 3.8) is 0 Å². The van der Waals surface area contributed by atoms with E-state index in [0.717, 1.165) is 37.2 Å². The second-order valence-electron chi connectivity index (χ2n) is 6.61. The number of benzene rings is 2. The summed E-state index contributed by atoms with van der Waals surface area (Å²) in [5.74, 6) is 0.727. The van der Waals surface area contributed by atoms with E-state index in [1.165, 1.54) is 5.56 Å². The van der Waals surface area contributed by atoms with Gasteiger partial charge in [0.15, 0.2) is 0 Å². The summed E-state index contributed by atoms with van der Waals surface area (Å²) in [6.45, 7) is 5.47. The van der Waals surface area contributed by atoms with Gasteiger partial charge in [0.05, 0.1) is 0 Å². The van der Waals surface area contributed by atoms with Crippen molar-refractivity contribution < 1.29 is 5.11 Å². The summed E-state index contributed by atoms with van der Waals surface area (Å²) in [6, 6.07) is 18.7. The molecule has 1 aliphatic heterocycles. The molecule has 22 heavy (non-hydrogen) atoms. The van der Waals surface area contributed by atoms with E-state index in [4.69, 9.17) is 0 Å². The van der Waals surface area contributed by atoms with Crippen LogP contribution in [0.1, 0.15) is 36.0 Å². The number of hydrogen-bond donors (Lipinski definition) is 1. The fraction of sp³-hybridized carbons (Fsp3) is 0.400. The van der Waals surface area contributed by atoms with E-state index < -0.39 is 5.60 Å². The molecular weight excluding hydrogens is 270 g/mol. The standard InChI is InChI=1S/C20H23NO/c1-2-21-13-12-19-17(14-21)16-10-6-7-11-18(16)20(19,22)15-8-4-3-5-9-15/h3-11,17,19,22H,2,12-14H2,1H3/t17-,19-,20?/m1/s1. The minimum Gasteiger partial charge on any atom is -0.380 e. The molecule has 0 amide bonds. The third kappa shape index (κ3) is 1.87. The number of fused-ring (bicyclic) bond motifs is 3. The molecular formula is C20H23NO. The molecule has 1 unspecified atom stereocenters. The summed E-state index contributed by atoms with van der Waals surface area (Å²) < 4.78 is 0. The quantitative estimate of drug-likeness (QED) is 0.918. The Morgan fingerprint density at radius 3 is 2.59 bits per heavy atom. The molecule has 2 aromatic rings. The molecule has 1 heterocycles. The van der Waals surface area contributed by atoms with Gasteiger partial charge in [-0.3, -0.25) is 0 Å². The summed E-state index contributed by atoms with van der Waals surface area (Å²) in [5.41, 5.74) is 2.67. The smallest absolute Gasteiger partial charge is 0.118 e. The zero-order valence-electron chi connectivity index (χ0n) is 13.1. The summed E-state index contributed by atoms with van der Waals surface area (Å²) in [6.07, 6.45) is 1.05. The second kappa shape index (κ2) is 5.22. The zero-order valence-corrected chi connectivity index (χ0v) is 13.1. The van der Waals surface area contributed by atoms with Crippen LogP contribution in [0.3, 0.4) is 0 Å². The van der Waals surface area contributed by atoms with Crippen LogP contribution in [-0.2, 0) is 5.60 Å². The Hall–Kier alpha value is -1.64. The van der Waals surface area contributed by atoms with Crippen molar-refractivity contribution in [1.29, 1.82) is 0 Å². The Labute approximate surface area is 132 Å². The van der Waals surface area contributed by atoms with Gasteiger partial charge in [0.25, 0.3) is 0 Å². The van der Waals surface area contributed by atoms with Crippen molar-refractivity contribution in [1.82, 2.24) is 4.90 Å². The van der Waals surface area contributed by atoms with E-state index in [2.05, 4.69) is 48.2 Å². The predicted octanol–water partition coefficient (Wildman–Crippen LogP) is 3.36. The Morgan fingerprint density at radius 2 is 1.82 bits per heavy atom. The van der Waals surface area contributed by atoms with Crippen molar-refractivity contribution in [3.8, 4) is 0 Å². The number of likely N-dealkylation sites (N-methyl/N-ethyl adjacent to an activating group) is 1. The first kappa shape index (κ1) is 14.0. The zero-order chi connectivity index (χ0) is 15.2. The highest BCUT2D eigenvalue weighted by Crippen LogP contribution is 2.55. The largest absolute Gasteiger partial charge is 0.380 e. The van der Waals surface area contributed by atoms with Crippen molar-refractivity contribution in [2.24, 2.45) is 5.92 Å². The molecule has 114 valence electrons. The summed E-state index contributed by atoms with van der Waals surface area (Å²) in [5, 5.41) is 11.8. The highest BCUT2D eigenvalue weighted by atomic mass is 16.3. The van der Waals surface area contributed by atoms with Crippen LogP contribution in [0.2, 0.25) is 0 Å². The maximum absolute atomic E-state index is 11.8. The van der Waals surface area contributed by atoms with Gasteiger partial charge in [-0.2, -0.15) is 0 Å². The average molecular weight is 293 g/mol. The number of nitrogens with zero attached hydrogens (tertiary/aromatic N) is 1. The molecule has 1 fully saturated rings. The number of rotatable bonds is 2. The highest BCUT2D eigenvalue weighted by Gasteiger charge is 2.53. The Balaban J connectivity index is 1.86. The molecule has 0 radical (unpaired) electrons. The molecule has 2 aromatic carbocycles. The lowest BCUT2D eigenvalue weighted by molar-refractivity contribution is -0.00738. The number of hydrogen-bond acceptors (Lipinski definition) is 2. The Bertz CT molecular complexity index is 668. The average Bonchev–Trinajstić information content (AvgIpc) is 2.86. The van der Waals surface area contributed by atoms with Crippen LogP contribution in [0, 0.1) is 5.92 Å². The van der Waals surface area contributed by atoms with E-state index in [9.17, 15) is 5.11 Å². The molecule has 2 aliphatic rings. The lowest BCUT2D eigenvalue weighted by atomic mass is 9.75. The van der Waals surface area contributed by atoms with Crippen LogP contribution in [0.4, 0.5) is 0 Å². The predicted molar refractivity (Wildman–Crippen MR) is 88.8 cm³/mol. The molecule has 1 aliphatic carbocycles. The Morgan fingerprint density at radius 1 is 1.09 bits per heavy atom. The van der Waals surface area contributed by atoms with Crippen LogP contribution >= 0.6 is 0 Å². The molecule has 0 bridgehead atoms. The van der Waals surface area contributed by atoms with E-state index in [1.807, 2.05) is 18.2 Å². The summed E-state index contributed by atoms with van der Waals surface area (Å²) >= 11 is 0. The topological polar surface area (TPSA) is 23.5 Å². The normalized spacial score (nSPS) is 30.8. The number of likely N-dealkylation sites (tertiary alicyclic amines) is 1. The maximum atomic E-state index is 11.8. The van der Waals surface area contributed by atoms with Crippen molar-refractivity contribution in [3.05, 3.63) is 71.3 Å². The van der Waals surface area contributed by atoms with Gasteiger partial charge in [-0.05, 0) is 36.2 Å². The van der Waals surface area contributed by atoms with Crippen molar-refractivity contribution >= 4 is 0 Å². The van der Waals surface area contributed by atoms with Gasteiger partial charge in [-0.1, -0.05) is 61.5 Å². The van der Waals surface area contributed by atoms with Crippen molar-refractivity contribution in [2.75, 3.05) is 19.6 Å². The van der Waals surface area contributed by atoms with E-state index >= 15 is 0 Å². The van der Waals surface area contributed by atoms with Gasteiger partial charge in [0, 0.05) is 18.4 Å². The van der Waals surface area contributed by atoms with Crippen LogP contribution < -0.4 is 0 Å². The molecule has 2 nitrogen and oxygen atoms in total. The van der Waals surface area contributed by atoms with Crippen LogP contribution in [-0.4, -0.2) is 29.6 Å². The molecule has 4 rings (SSSR count). The van der Waals surface area contributed by atoms with Gasteiger partial charge in [-0.15, -0.1) is 0 Å². The Kier molecular flexibility index (Phi) is 3.32. The monoisotopic (exact) mass is 293 g/mol. The number of piperidine rings is 1. The fourth-order valence-electron chi connectivity index (χ4n) is 4.55. The van der Waals surface area contributed by atoms with E-state index in [1.54, 1.807) is 0 Å². The lowest BCUT2D eigenvalue weighted by Crippen LogP contribution is -2.43. The SMILES string of the molecule is CCN1CC[C@@H]2[C@H](C1)c1ccccc1C2(O)c1ccccc1. The molecule has 1 N–H and O–H groups in total. The molecule has 3 atom stereocenters. The van der Waals surface area contributed by atoms with E-state index in [-0.39, 0.29) is 5.92 Å². The first-order valence-corrected chi connectivity index (χ1v) is 8.34. The fourth-order valence-corrected chi connectivity index (χ4v) is 4.55. The van der Waals surface area contributed by atoms with E-state index in [0.29, 0.717) is 5.92 Å². The van der Waals surface area contributed by atoms with Gasteiger partial charge < -0.3 is 10.0 Å². The molecule has 1 saturated heterocycles. The third-order valence-corrected chi connectivity index (χ3v) is 5.67. The van der Waals surface area contributed by atoms with Gasteiger partial charge in [0.1, 0.15) is 5.60 Å². The summed E-state index contributed by atoms with van der Waals surface area (Å²) in [7, 11) is 0. The maximum Gasteiger partial charge on any atom is 0.118 e. The lowest BCUT2D eigenvalue weighted by Gasteiger charge is -2.40. The molecule has 0 saturated carbocycles. The first-order valence-electron chi connectivity index (χ1n) is 8.34. The van der Waals surface area contributed by atoms with Crippen LogP contribution in [0.25, 0.3) is 0 Å². The molecule has 0 aromatic heterocycles. The van der Waals surface area contributed by atoms with Gasteiger partial charge in [-0.25, -0.2) is 0 Å². The third-order valence-electron chi connectivity index (χ3n) is 5.67. The number of aliphatic hydroxyl groups is 1. The van der Waals surface area contributed by atoms with Crippen LogP contribution in [0.5, 0.6) is 0 Å². The van der Waals surface area contributed by atoms with Crippen LogP contribution in [0.15, 0.2) is 54.6 Å². The van der Waals surface area contributed by atoms with Gasteiger partial charge >= 0.3 is 0 Å². The highest BCUT2D eigenvalue weighted by molar-refractivity contribution is 5.49.